The molecular weight excluding hydrogens is 865 g/mol. The Morgan fingerprint density at radius 2 is 0.657 bits per heavy atom. The van der Waals surface area contributed by atoms with Crippen molar-refractivity contribution in [1.29, 1.82) is 0 Å². The smallest absolute Gasteiger partial charge is 0.306 e. The van der Waals surface area contributed by atoms with Gasteiger partial charge in [-0.15, -0.1) is 0 Å². The van der Waals surface area contributed by atoms with Crippen molar-refractivity contribution in [1.82, 2.24) is 0 Å². The Kier molecular flexibility index (Phi) is 51.7. The zero-order chi connectivity index (χ0) is 50.7. The van der Waals surface area contributed by atoms with Crippen LogP contribution < -0.4 is 0 Å². The number of carbonyl (C=O) groups excluding carboxylic acids is 3. The molecule has 0 aromatic carbocycles. The second-order valence-electron chi connectivity index (χ2n) is 16.9. The van der Waals surface area contributed by atoms with Crippen molar-refractivity contribution in [2.45, 2.75) is 187 Å². The van der Waals surface area contributed by atoms with Crippen LogP contribution >= 0.6 is 0 Å². The van der Waals surface area contributed by atoms with Crippen molar-refractivity contribution in [2.24, 2.45) is 0 Å². The van der Waals surface area contributed by atoms with E-state index in [9.17, 15) is 14.4 Å². The second kappa shape index (κ2) is 56.1. The maximum absolute atomic E-state index is 12.8. The van der Waals surface area contributed by atoms with Crippen LogP contribution in [-0.2, 0) is 28.6 Å². The van der Waals surface area contributed by atoms with Crippen LogP contribution in [0.2, 0.25) is 0 Å². The predicted octanol–water partition coefficient (Wildman–Crippen LogP) is 18.1. The van der Waals surface area contributed by atoms with Gasteiger partial charge in [0.15, 0.2) is 6.10 Å². The van der Waals surface area contributed by atoms with Gasteiger partial charge in [0.25, 0.3) is 0 Å². The lowest BCUT2D eigenvalue weighted by atomic mass is 10.1. The van der Waals surface area contributed by atoms with Gasteiger partial charge in [0.05, 0.1) is 0 Å². The average molecular weight is 959 g/mol. The Labute approximate surface area is 427 Å². The number of hydrogen-bond donors (Lipinski definition) is 0. The van der Waals surface area contributed by atoms with E-state index >= 15 is 0 Å². The highest BCUT2D eigenvalue weighted by Gasteiger charge is 2.19. The summed E-state index contributed by atoms with van der Waals surface area (Å²) in [6, 6.07) is 0. The maximum Gasteiger partial charge on any atom is 0.306 e. The van der Waals surface area contributed by atoms with Crippen molar-refractivity contribution in [2.75, 3.05) is 13.2 Å². The fourth-order valence-electron chi connectivity index (χ4n) is 6.38. The van der Waals surface area contributed by atoms with Crippen molar-refractivity contribution >= 4 is 17.9 Å². The number of hydrogen-bond acceptors (Lipinski definition) is 6. The fourth-order valence-corrected chi connectivity index (χ4v) is 6.38. The number of esters is 3. The van der Waals surface area contributed by atoms with Crippen LogP contribution in [0.15, 0.2) is 182 Å². The molecule has 0 fully saturated rings. The quantitative estimate of drug-likeness (QED) is 0.0199. The van der Waals surface area contributed by atoms with Gasteiger partial charge in [0, 0.05) is 19.3 Å². The molecule has 0 aliphatic rings. The number of unbranched alkanes of at least 4 members (excludes halogenated alkanes) is 11. The van der Waals surface area contributed by atoms with Gasteiger partial charge < -0.3 is 14.2 Å². The Bertz CT molecular complexity index is 1720. The number of carbonyl (C=O) groups is 3. The molecule has 386 valence electrons. The molecule has 1 unspecified atom stereocenters. The first kappa shape index (κ1) is 64.5. The zero-order valence-electron chi connectivity index (χ0n) is 43.9. The lowest BCUT2D eigenvalue weighted by Gasteiger charge is -2.18. The molecule has 0 spiro atoms. The van der Waals surface area contributed by atoms with Crippen LogP contribution in [-0.4, -0.2) is 37.2 Å². The third kappa shape index (κ3) is 53.5. The highest BCUT2D eigenvalue weighted by atomic mass is 16.6. The highest BCUT2D eigenvalue weighted by molar-refractivity contribution is 5.71. The minimum absolute atomic E-state index is 0.144. The molecule has 70 heavy (non-hydrogen) atoms. The van der Waals surface area contributed by atoms with Gasteiger partial charge in [0.1, 0.15) is 13.2 Å². The summed E-state index contributed by atoms with van der Waals surface area (Å²) in [4.78, 5) is 38.1. The van der Waals surface area contributed by atoms with Crippen LogP contribution in [0, 0.1) is 0 Å². The molecule has 0 rings (SSSR count). The molecule has 6 heteroatoms. The first-order chi connectivity index (χ1) is 34.5. The normalized spacial score (nSPS) is 13.6. The molecule has 0 aliphatic carbocycles. The minimum Gasteiger partial charge on any atom is -0.462 e. The molecule has 0 saturated heterocycles. The van der Waals surface area contributed by atoms with E-state index in [4.69, 9.17) is 14.2 Å². The molecule has 0 aromatic rings. The largest absolute Gasteiger partial charge is 0.462 e. The van der Waals surface area contributed by atoms with Crippen LogP contribution in [0.25, 0.3) is 0 Å². The van der Waals surface area contributed by atoms with Gasteiger partial charge in [-0.2, -0.15) is 0 Å². The van der Waals surface area contributed by atoms with E-state index in [0.717, 1.165) is 103 Å². The lowest BCUT2D eigenvalue weighted by molar-refractivity contribution is -0.166. The van der Waals surface area contributed by atoms with Crippen LogP contribution in [0.1, 0.15) is 181 Å². The van der Waals surface area contributed by atoms with E-state index in [1.807, 2.05) is 60.8 Å². The summed E-state index contributed by atoms with van der Waals surface area (Å²) in [5, 5.41) is 0. The van der Waals surface area contributed by atoms with Crippen molar-refractivity contribution in [3.8, 4) is 0 Å². The van der Waals surface area contributed by atoms with Crippen LogP contribution in [0.3, 0.4) is 0 Å². The van der Waals surface area contributed by atoms with E-state index in [2.05, 4.69) is 142 Å². The Morgan fingerprint density at radius 1 is 0.314 bits per heavy atom. The molecule has 0 saturated carbocycles. The molecule has 1 atom stereocenters. The number of ether oxygens (including phenoxy) is 3. The predicted molar refractivity (Wildman–Crippen MR) is 301 cm³/mol. The third-order valence-electron chi connectivity index (χ3n) is 10.4. The average Bonchev–Trinajstić information content (AvgIpc) is 3.36. The number of allylic oxidation sites excluding steroid dienone is 30. The Morgan fingerprint density at radius 3 is 1.11 bits per heavy atom. The maximum atomic E-state index is 12.8. The molecule has 0 radical (unpaired) electrons. The summed E-state index contributed by atoms with van der Waals surface area (Å²) in [5.74, 6) is -1.11. The summed E-state index contributed by atoms with van der Waals surface area (Å²) in [5.41, 5.74) is 0. The summed E-state index contributed by atoms with van der Waals surface area (Å²) < 4.78 is 16.7. The van der Waals surface area contributed by atoms with Crippen molar-refractivity contribution in [3.63, 3.8) is 0 Å². The Balaban J connectivity index is 4.68. The Hall–Kier alpha value is -5.49. The molecule has 0 N–H and O–H groups in total. The molecular formula is C64H94O6. The SMILES string of the molecule is CC\C=C/C=C\C=C/C=C\C=C/CCCCCC(=O)OCC(COC(=O)CC/C=C\C/C=C\C/C=C\C/C=C\C/C=C\C/C=C\CC)OC(=O)CCCCCCC\C=C/C=C\C=C/C=C\CCCCC. The lowest BCUT2D eigenvalue weighted by Crippen LogP contribution is -2.30. The van der Waals surface area contributed by atoms with Crippen LogP contribution in [0.4, 0.5) is 0 Å². The van der Waals surface area contributed by atoms with E-state index < -0.39 is 6.10 Å². The summed E-state index contributed by atoms with van der Waals surface area (Å²) in [7, 11) is 0. The monoisotopic (exact) mass is 959 g/mol. The van der Waals surface area contributed by atoms with E-state index in [1.54, 1.807) is 0 Å². The topological polar surface area (TPSA) is 78.9 Å². The molecule has 6 nitrogen and oxygen atoms in total. The van der Waals surface area contributed by atoms with E-state index in [-0.39, 0.29) is 50.4 Å². The van der Waals surface area contributed by atoms with Gasteiger partial charge in [-0.1, -0.05) is 242 Å². The molecule has 0 aromatic heterocycles. The zero-order valence-corrected chi connectivity index (χ0v) is 43.9. The van der Waals surface area contributed by atoms with Gasteiger partial charge in [-0.3, -0.25) is 14.4 Å². The molecule has 0 bridgehead atoms. The van der Waals surface area contributed by atoms with Crippen molar-refractivity contribution < 1.29 is 28.6 Å². The summed E-state index contributed by atoms with van der Waals surface area (Å²) in [6.45, 7) is 6.19. The first-order valence-corrected chi connectivity index (χ1v) is 26.9. The van der Waals surface area contributed by atoms with Gasteiger partial charge in [-0.05, 0) is 103 Å². The van der Waals surface area contributed by atoms with E-state index in [0.29, 0.717) is 19.3 Å². The third-order valence-corrected chi connectivity index (χ3v) is 10.4. The summed E-state index contributed by atoms with van der Waals surface area (Å²) >= 11 is 0. The van der Waals surface area contributed by atoms with E-state index in [1.165, 1.54) is 19.3 Å². The molecule has 0 amide bonds. The second-order valence-corrected chi connectivity index (χ2v) is 16.9. The molecule has 0 aliphatic heterocycles. The van der Waals surface area contributed by atoms with Crippen LogP contribution in [0.5, 0.6) is 0 Å². The number of rotatable bonds is 45. The highest BCUT2D eigenvalue weighted by Crippen LogP contribution is 2.11. The standard InChI is InChI=1S/C64H94O6/c1-4-7-10-13-16-19-22-25-28-30-32-34-36-39-42-45-48-51-54-57-63(66)69-60-61(59-68-62(65)56-53-50-47-44-41-38-35-27-24-21-18-15-12-9-6-3)70-64(67)58-55-52-49-46-43-40-37-33-31-29-26-23-20-17-14-11-8-5-2/h7,9-10,12,15-21,23-29,31-35,37-39,41-42,48,51,61H,4-6,8,11,13-14,22,30,36,40,43-47,49-50,52-60H2,1-3H3/b10-7-,12-9-,18-15-,19-16-,20-17-,24-21-,26-23-,28-25-,31-29-,34-32-,35-27-,37-33-,41-38-,42-39-,51-48-. The first-order valence-electron chi connectivity index (χ1n) is 26.9. The summed E-state index contributed by atoms with van der Waals surface area (Å²) in [6.07, 6.45) is 84.5. The van der Waals surface area contributed by atoms with Gasteiger partial charge in [-0.25, -0.2) is 0 Å². The van der Waals surface area contributed by atoms with Gasteiger partial charge in [0.2, 0.25) is 0 Å². The minimum atomic E-state index is -0.850. The van der Waals surface area contributed by atoms with Crippen molar-refractivity contribution in [3.05, 3.63) is 182 Å². The fraction of sp³-hybridized carbons (Fsp3) is 0.484. The van der Waals surface area contributed by atoms with Gasteiger partial charge >= 0.3 is 17.9 Å². The molecule has 0 heterocycles.